The summed E-state index contributed by atoms with van der Waals surface area (Å²) >= 11 is 6.29. The predicted octanol–water partition coefficient (Wildman–Crippen LogP) is 3.66. The number of Topliss-reactive ketones (excluding diaryl/α,β-unsaturated/α-hetero) is 1. The van der Waals surface area contributed by atoms with E-state index in [2.05, 4.69) is 16.3 Å². The third-order valence-electron chi connectivity index (χ3n) is 3.85. The lowest BCUT2D eigenvalue weighted by molar-refractivity contribution is 0.0962. The van der Waals surface area contributed by atoms with E-state index in [9.17, 15) is 4.79 Å². The van der Waals surface area contributed by atoms with Crippen LogP contribution in [0.2, 0.25) is 5.02 Å². The lowest BCUT2D eigenvalue weighted by Crippen LogP contribution is -2.22. The minimum Gasteiger partial charge on any atom is -0.294 e. The fourth-order valence-electron chi connectivity index (χ4n) is 2.88. The van der Waals surface area contributed by atoms with Gasteiger partial charge in [-0.15, -0.1) is 0 Å². The molecule has 20 heavy (non-hydrogen) atoms. The van der Waals surface area contributed by atoms with E-state index < -0.39 is 0 Å². The van der Waals surface area contributed by atoms with Gasteiger partial charge in [-0.05, 0) is 43.4 Å². The van der Waals surface area contributed by atoms with Crippen LogP contribution in [0.25, 0.3) is 0 Å². The number of ketones is 1. The summed E-state index contributed by atoms with van der Waals surface area (Å²) in [6.07, 6.45) is 2.86. The summed E-state index contributed by atoms with van der Waals surface area (Å²) in [5.74, 6) is 0.236. The van der Waals surface area contributed by atoms with E-state index in [1.54, 1.807) is 6.20 Å². The van der Waals surface area contributed by atoms with Crippen molar-refractivity contribution in [3.8, 4) is 0 Å². The van der Waals surface area contributed by atoms with Crippen molar-refractivity contribution in [2.24, 2.45) is 0 Å². The molecule has 3 rings (SSSR count). The lowest BCUT2D eigenvalue weighted by atomic mass is 9.80. The molecule has 3 nitrogen and oxygen atoms in total. The molecule has 0 saturated carbocycles. The van der Waals surface area contributed by atoms with Crippen molar-refractivity contribution >= 4 is 17.4 Å². The second-order valence-corrected chi connectivity index (χ2v) is 5.81. The highest BCUT2D eigenvalue weighted by Gasteiger charge is 2.29. The molecule has 1 aliphatic carbocycles. The Balaban J connectivity index is 2.04. The fourth-order valence-corrected chi connectivity index (χ4v) is 3.15. The number of carbonyl (C=O) groups is 1. The van der Waals surface area contributed by atoms with Crippen LogP contribution in [0.4, 0.5) is 0 Å². The van der Waals surface area contributed by atoms with Gasteiger partial charge in [-0.2, -0.15) is 10.2 Å². The minimum atomic E-state index is 0.0958. The summed E-state index contributed by atoms with van der Waals surface area (Å²) in [5, 5.41) is 8.83. The first-order chi connectivity index (χ1) is 9.56. The molecule has 0 bridgehead atoms. The molecule has 1 atom stereocenters. The fraction of sp³-hybridized carbons (Fsp3) is 0.312. The van der Waals surface area contributed by atoms with Gasteiger partial charge in [-0.25, -0.2) is 0 Å². The molecule has 0 radical (unpaired) electrons. The Morgan fingerprint density at radius 1 is 1.25 bits per heavy atom. The summed E-state index contributed by atoms with van der Waals surface area (Å²) in [7, 11) is 0. The van der Waals surface area contributed by atoms with Gasteiger partial charge in [-0.1, -0.05) is 29.3 Å². The Bertz CT molecular complexity index is 697. The van der Waals surface area contributed by atoms with Gasteiger partial charge < -0.3 is 0 Å². The molecule has 0 saturated heterocycles. The molecule has 0 N–H and O–H groups in total. The third-order valence-corrected chi connectivity index (χ3v) is 4.20. The molecule has 1 heterocycles. The average molecular weight is 287 g/mol. The molecular weight excluding hydrogens is 272 g/mol. The van der Waals surface area contributed by atoms with Crippen LogP contribution in [-0.2, 0) is 6.42 Å². The summed E-state index contributed by atoms with van der Waals surface area (Å²) in [4.78, 5) is 12.4. The summed E-state index contributed by atoms with van der Waals surface area (Å²) in [5.41, 5.74) is 4.64. The van der Waals surface area contributed by atoms with E-state index in [1.807, 2.05) is 26.0 Å². The van der Waals surface area contributed by atoms with Gasteiger partial charge in [-0.3, -0.25) is 4.79 Å². The van der Waals surface area contributed by atoms with Crippen molar-refractivity contribution in [1.82, 2.24) is 10.2 Å². The van der Waals surface area contributed by atoms with Crippen LogP contribution in [-0.4, -0.2) is 16.0 Å². The standard InChI is InChI=1S/C16H15ClN2O/c1-9-3-4-13(17)12(5-9)11-6-14-16(15(20)7-11)10(2)8-18-19-14/h3-5,8,11H,6-7H2,1-2H3. The number of hydrogen-bond acceptors (Lipinski definition) is 3. The monoisotopic (exact) mass is 286 g/mol. The van der Waals surface area contributed by atoms with Crippen LogP contribution in [0.5, 0.6) is 0 Å². The molecule has 1 aliphatic rings. The van der Waals surface area contributed by atoms with Crippen molar-refractivity contribution in [2.75, 3.05) is 0 Å². The van der Waals surface area contributed by atoms with Gasteiger partial charge in [0.25, 0.3) is 0 Å². The zero-order valence-corrected chi connectivity index (χ0v) is 12.2. The number of aryl methyl sites for hydroxylation is 2. The third kappa shape index (κ3) is 2.22. The molecule has 4 heteroatoms. The Morgan fingerprint density at radius 2 is 2.05 bits per heavy atom. The second kappa shape index (κ2) is 4.98. The average Bonchev–Trinajstić information content (AvgIpc) is 2.41. The molecule has 0 amide bonds. The van der Waals surface area contributed by atoms with Gasteiger partial charge in [0.15, 0.2) is 5.78 Å². The predicted molar refractivity (Wildman–Crippen MR) is 78.4 cm³/mol. The first-order valence-electron chi connectivity index (χ1n) is 6.66. The Hall–Kier alpha value is -1.74. The number of fused-ring (bicyclic) bond motifs is 1. The normalized spacial score (nSPS) is 17.9. The second-order valence-electron chi connectivity index (χ2n) is 5.40. The Kier molecular flexibility index (Phi) is 3.30. The maximum absolute atomic E-state index is 12.4. The molecule has 0 fully saturated rings. The van der Waals surface area contributed by atoms with E-state index in [-0.39, 0.29) is 11.7 Å². The number of halogens is 1. The first kappa shape index (κ1) is 13.3. The number of nitrogens with zero attached hydrogens (tertiary/aromatic N) is 2. The van der Waals surface area contributed by atoms with Crippen LogP contribution in [0, 0.1) is 13.8 Å². The number of rotatable bonds is 1. The molecular formula is C16H15ClN2O. The van der Waals surface area contributed by atoms with Crippen molar-refractivity contribution in [3.05, 3.63) is 57.4 Å². The summed E-state index contributed by atoms with van der Waals surface area (Å²) in [6, 6.07) is 5.94. The molecule has 1 aromatic heterocycles. The Morgan fingerprint density at radius 3 is 2.85 bits per heavy atom. The number of aromatic nitrogens is 2. The zero-order valence-electron chi connectivity index (χ0n) is 11.5. The van der Waals surface area contributed by atoms with E-state index >= 15 is 0 Å². The number of carbonyl (C=O) groups excluding carboxylic acids is 1. The largest absolute Gasteiger partial charge is 0.294 e. The van der Waals surface area contributed by atoms with Gasteiger partial charge in [0.2, 0.25) is 0 Å². The van der Waals surface area contributed by atoms with Crippen LogP contribution < -0.4 is 0 Å². The molecule has 1 aromatic carbocycles. The van der Waals surface area contributed by atoms with Gasteiger partial charge in [0.05, 0.1) is 11.9 Å². The van der Waals surface area contributed by atoms with E-state index in [1.165, 1.54) is 0 Å². The van der Waals surface area contributed by atoms with Crippen LogP contribution in [0.1, 0.15) is 45.1 Å². The first-order valence-corrected chi connectivity index (χ1v) is 7.04. The van der Waals surface area contributed by atoms with Gasteiger partial charge in [0, 0.05) is 17.0 Å². The van der Waals surface area contributed by atoms with Crippen molar-refractivity contribution in [1.29, 1.82) is 0 Å². The molecule has 1 unspecified atom stereocenters. The highest BCUT2D eigenvalue weighted by molar-refractivity contribution is 6.31. The van der Waals surface area contributed by atoms with E-state index in [4.69, 9.17) is 11.6 Å². The van der Waals surface area contributed by atoms with E-state index in [0.717, 1.165) is 39.4 Å². The van der Waals surface area contributed by atoms with E-state index in [0.29, 0.717) is 6.42 Å². The SMILES string of the molecule is Cc1ccc(Cl)c(C2CC(=O)c3c(C)cnnc3C2)c1. The van der Waals surface area contributed by atoms with Crippen molar-refractivity contribution in [2.45, 2.75) is 32.6 Å². The quantitative estimate of drug-likeness (QED) is 0.803. The molecule has 0 spiro atoms. The zero-order chi connectivity index (χ0) is 14.3. The lowest BCUT2D eigenvalue weighted by Gasteiger charge is -2.24. The summed E-state index contributed by atoms with van der Waals surface area (Å²) < 4.78 is 0. The molecule has 2 aromatic rings. The number of hydrogen-bond donors (Lipinski definition) is 0. The summed E-state index contributed by atoms with van der Waals surface area (Å²) in [6.45, 7) is 3.94. The highest BCUT2D eigenvalue weighted by atomic mass is 35.5. The van der Waals surface area contributed by atoms with Crippen molar-refractivity contribution in [3.63, 3.8) is 0 Å². The van der Waals surface area contributed by atoms with Gasteiger partial charge >= 0.3 is 0 Å². The van der Waals surface area contributed by atoms with Crippen LogP contribution >= 0.6 is 11.6 Å². The van der Waals surface area contributed by atoms with Crippen LogP contribution in [0.3, 0.4) is 0 Å². The topological polar surface area (TPSA) is 42.9 Å². The van der Waals surface area contributed by atoms with Gasteiger partial charge in [0.1, 0.15) is 0 Å². The maximum Gasteiger partial charge on any atom is 0.165 e. The maximum atomic E-state index is 12.4. The molecule has 102 valence electrons. The Labute approximate surface area is 123 Å². The highest BCUT2D eigenvalue weighted by Crippen LogP contribution is 2.36. The number of benzene rings is 1. The van der Waals surface area contributed by atoms with Crippen LogP contribution in [0.15, 0.2) is 24.4 Å². The smallest absolute Gasteiger partial charge is 0.165 e. The minimum absolute atomic E-state index is 0.0958. The van der Waals surface area contributed by atoms with Crippen molar-refractivity contribution < 1.29 is 4.79 Å². The molecule has 0 aliphatic heterocycles.